The second-order valence-corrected chi connectivity index (χ2v) is 5.32. The first-order chi connectivity index (χ1) is 10.2. The van der Waals surface area contributed by atoms with E-state index in [1.165, 1.54) is 17.5 Å². The quantitative estimate of drug-likeness (QED) is 0.690. The summed E-state index contributed by atoms with van der Waals surface area (Å²) in [6.45, 7) is 2.37. The van der Waals surface area contributed by atoms with E-state index in [0.717, 1.165) is 12.8 Å². The number of para-hydroxylation sites is 1. The summed E-state index contributed by atoms with van der Waals surface area (Å²) < 4.78 is 5.56. The number of nitrogens with two attached hydrogens (primary N) is 1. The van der Waals surface area contributed by atoms with Gasteiger partial charge in [0.05, 0.1) is 17.9 Å². The number of ether oxygens (including phenoxy) is 1. The summed E-state index contributed by atoms with van der Waals surface area (Å²) in [6, 6.07) is 11.3. The van der Waals surface area contributed by atoms with Crippen molar-refractivity contribution in [3.8, 4) is 5.75 Å². The highest BCUT2D eigenvalue weighted by molar-refractivity contribution is 6.11. The number of anilines is 1. The fraction of sp³-hybridized carbons (Fsp3) is 0.278. The number of benzene rings is 2. The van der Waals surface area contributed by atoms with E-state index in [2.05, 4.69) is 6.07 Å². The molecule has 0 fully saturated rings. The molecule has 3 rings (SSSR count). The number of aryl methyl sites for hydroxylation is 2. The zero-order valence-electron chi connectivity index (χ0n) is 12.2. The van der Waals surface area contributed by atoms with Gasteiger partial charge in [-0.05, 0) is 55.5 Å². The van der Waals surface area contributed by atoms with Crippen LogP contribution in [-0.2, 0) is 12.8 Å². The molecule has 0 heterocycles. The van der Waals surface area contributed by atoms with Gasteiger partial charge in [-0.1, -0.05) is 18.2 Å². The molecule has 0 amide bonds. The molecule has 1 aliphatic rings. The van der Waals surface area contributed by atoms with E-state index < -0.39 is 0 Å². The molecular weight excluding hydrogens is 262 g/mol. The Morgan fingerprint density at radius 1 is 1.19 bits per heavy atom. The fourth-order valence-electron chi connectivity index (χ4n) is 2.91. The van der Waals surface area contributed by atoms with Gasteiger partial charge in [-0.15, -0.1) is 0 Å². The van der Waals surface area contributed by atoms with E-state index in [1.807, 2.05) is 19.1 Å². The number of hydrogen-bond donors (Lipinski definition) is 1. The molecule has 3 heteroatoms. The first-order valence-corrected chi connectivity index (χ1v) is 7.38. The number of nitrogen functional groups attached to an aromatic ring is 1. The van der Waals surface area contributed by atoms with Crippen LogP contribution in [0.25, 0.3) is 0 Å². The predicted octanol–water partition coefficient (Wildman–Crippen LogP) is 3.39. The van der Waals surface area contributed by atoms with Crippen LogP contribution in [0.3, 0.4) is 0 Å². The van der Waals surface area contributed by atoms with Gasteiger partial charge in [-0.25, -0.2) is 0 Å². The van der Waals surface area contributed by atoms with Crippen molar-refractivity contribution in [2.24, 2.45) is 0 Å². The molecule has 21 heavy (non-hydrogen) atoms. The van der Waals surface area contributed by atoms with Crippen molar-refractivity contribution in [3.63, 3.8) is 0 Å². The van der Waals surface area contributed by atoms with E-state index in [0.29, 0.717) is 29.2 Å². The number of carbonyl (C=O) groups is 1. The van der Waals surface area contributed by atoms with Gasteiger partial charge in [0.15, 0.2) is 11.5 Å². The Hall–Kier alpha value is -2.29. The standard InChI is InChI=1S/C18H19NO2/c1-2-21-18-15(7-4-8-16(18)19)17(20)14-10-9-12-5-3-6-13(12)11-14/h4,7-11H,2-3,5-6,19H2,1H3. The van der Waals surface area contributed by atoms with Crippen LogP contribution in [0, 0.1) is 0 Å². The Morgan fingerprint density at radius 2 is 2.00 bits per heavy atom. The molecule has 0 atom stereocenters. The number of rotatable bonds is 4. The first-order valence-electron chi connectivity index (χ1n) is 7.38. The molecule has 0 saturated carbocycles. The third kappa shape index (κ3) is 2.51. The van der Waals surface area contributed by atoms with Crippen molar-refractivity contribution in [1.29, 1.82) is 0 Å². The Kier molecular flexibility index (Phi) is 3.65. The minimum absolute atomic E-state index is 0.0274. The molecule has 2 aromatic rings. The van der Waals surface area contributed by atoms with Crippen molar-refractivity contribution in [2.75, 3.05) is 12.3 Å². The van der Waals surface area contributed by atoms with E-state index in [4.69, 9.17) is 10.5 Å². The molecule has 0 saturated heterocycles. The number of hydrogen-bond acceptors (Lipinski definition) is 3. The summed E-state index contributed by atoms with van der Waals surface area (Å²) in [6.07, 6.45) is 3.35. The van der Waals surface area contributed by atoms with Gasteiger partial charge >= 0.3 is 0 Å². The van der Waals surface area contributed by atoms with Gasteiger partial charge in [0, 0.05) is 5.56 Å². The third-order valence-corrected chi connectivity index (χ3v) is 3.94. The van der Waals surface area contributed by atoms with Crippen LogP contribution < -0.4 is 10.5 Å². The van der Waals surface area contributed by atoms with Crippen molar-refractivity contribution in [2.45, 2.75) is 26.2 Å². The zero-order chi connectivity index (χ0) is 14.8. The van der Waals surface area contributed by atoms with Crippen LogP contribution in [0.15, 0.2) is 36.4 Å². The predicted molar refractivity (Wildman–Crippen MR) is 83.9 cm³/mol. The highest BCUT2D eigenvalue weighted by Crippen LogP contribution is 2.30. The van der Waals surface area contributed by atoms with Gasteiger partial charge in [0.1, 0.15) is 0 Å². The van der Waals surface area contributed by atoms with Gasteiger partial charge in [-0.3, -0.25) is 4.79 Å². The smallest absolute Gasteiger partial charge is 0.196 e. The average molecular weight is 281 g/mol. The molecule has 0 spiro atoms. The highest BCUT2D eigenvalue weighted by atomic mass is 16.5. The molecule has 2 N–H and O–H groups in total. The molecule has 3 nitrogen and oxygen atoms in total. The molecule has 2 aromatic carbocycles. The summed E-state index contributed by atoms with van der Waals surface area (Å²) in [7, 11) is 0. The molecule has 0 aliphatic heterocycles. The Morgan fingerprint density at radius 3 is 2.81 bits per heavy atom. The maximum Gasteiger partial charge on any atom is 0.196 e. The largest absolute Gasteiger partial charge is 0.491 e. The van der Waals surface area contributed by atoms with Crippen molar-refractivity contribution < 1.29 is 9.53 Å². The minimum atomic E-state index is -0.0274. The van der Waals surface area contributed by atoms with E-state index in [-0.39, 0.29) is 5.78 Å². The molecule has 1 aliphatic carbocycles. The van der Waals surface area contributed by atoms with Crippen LogP contribution >= 0.6 is 0 Å². The molecule has 0 unspecified atom stereocenters. The monoisotopic (exact) mass is 281 g/mol. The van der Waals surface area contributed by atoms with Crippen molar-refractivity contribution in [3.05, 3.63) is 58.7 Å². The summed E-state index contributed by atoms with van der Waals surface area (Å²) in [5, 5.41) is 0. The minimum Gasteiger partial charge on any atom is -0.491 e. The second kappa shape index (κ2) is 5.60. The lowest BCUT2D eigenvalue weighted by Gasteiger charge is -2.12. The highest BCUT2D eigenvalue weighted by Gasteiger charge is 2.19. The summed E-state index contributed by atoms with van der Waals surface area (Å²) in [4.78, 5) is 12.8. The Labute approximate surface area is 124 Å². The van der Waals surface area contributed by atoms with Crippen LogP contribution in [0.1, 0.15) is 40.4 Å². The van der Waals surface area contributed by atoms with Gasteiger partial charge in [-0.2, -0.15) is 0 Å². The third-order valence-electron chi connectivity index (χ3n) is 3.94. The van der Waals surface area contributed by atoms with E-state index >= 15 is 0 Å². The maximum atomic E-state index is 12.8. The zero-order valence-corrected chi connectivity index (χ0v) is 12.2. The fourth-order valence-corrected chi connectivity index (χ4v) is 2.91. The van der Waals surface area contributed by atoms with Crippen LogP contribution in [0.4, 0.5) is 5.69 Å². The first kappa shape index (κ1) is 13.7. The average Bonchev–Trinajstić information content (AvgIpc) is 2.96. The molecule has 0 aromatic heterocycles. The topological polar surface area (TPSA) is 52.3 Å². The van der Waals surface area contributed by atoms with E-state index in [1.54, 1.807) is 18.2 Å². The normalized spacial score (nSPS) is 13.0. The molecule has 108 valence electrons. The van der Waals surface area contributed by atoms with E-state index in [9.17, 15) is 4.79 Å². The lowest BCUT2D eigenvalue weighted by molar-refractivity contribution is 0.103. The molecular formula is C18H19NO2. The Balaban J connectivity index is 2.01. The molecule has 0 bridgehead atoms. The lowest BCUT2D eigenvalue weighted by atomic mass is 9.98. The lowest BCUT2D eigenvalue weighted by Crippen LogP contribution is -2.08. The van der Waals surface area contributed by atoms with Gasteiger partial charge in [0.25, 0.3) is 0 Å². The molecule has 0 radical (unpaired) electrons. The van der Waals surface area contributed by atoms with Crippen molar-refractivity contribution >= 4 is 11.5 Å². The van der Waals surface area contributed by atoms with Crippen LogP contribution in [-0.4, -0.2) is 12.4 Å². The van der Waals surface area contributed by atoms with Gasteiger partial charge < -0.3 is 10.5 Å². The summed E-state index contributed by atoms with van der Waals surface area (Å²) in [5.41, 5.74) is 10.3. The van der Waals surface area contributed by atoms with Crippen LogP contribution in [0.5, 0.6) is 5.75 Å². The number of ketones is 1. The summed E-state index contributed by atoms with van der Waals surface area (Å²) in [5.74, 6) is 0.464. The number of carbonyl (C=O) groups excluding carboxylic acids is 1. The van der Waals surface area contributed by atoms with Crippen LogP contribution in [0.2, 0.25) is 0 Å². The summed E-state index contributed by atoms with van der Waals surface area (Å²) >= 11 is 0. The SMILES string of the molecule is CCOc1c(N)cccc1C(=O)c1ccc2c(c1)CCC2. The second-order valence-electron chi connectivity index (χ2n) is 5.32. The van der Waals surface area contributed by atoms with Crippen molar-refractivity contribution in [1.82, 2.24) is 0 Å². The maximum absolute atomic E-state index is 12.8. The number of fused-ring (bicyclic) bond motifs is 1. The Bertz CT molecular complexity index is 692. The van der Waals surface area contributed by atoms with Gasteiger partial charge in [0.2, 0.25) is 0 Å².